The van der Waals surface area contributed by atoms with Gasteiger partial charge in [-0.15, -0.1) is 0 Å². The van der Waals surface area contributed by atoms with Crippen LogP contribution in [0.3, 0.4) is 0 Å². The van der Waals surface area contributed by atoms with Gasteiger partial charge in [-0.1, -0.05) is 0 Å². The van der Waals surface area contributed by atoms with E-state index in [1.165, 1.54) is 12.0 Å². The molecule has 8 nitrogen and oxygen atoms in total. The van der Waals surface area contributed by atoms with Crippen molar-refractivity contribution in [2.24, 2.45) is 0 Å². The monoisotopic (exact) mass is 242 g/mol. The third-order valence-corrected chi connectivity index (χ3v) is 2.76. The molecule has 2 saturated heterocycles. The van der Waals surface area contributed by atoms with Gasteiger partial charge in [-0.3, -0.25) is 4.79 Å². The van der Waals surface area contributed by atoms with Gasteiger partial charge in [0.05, 0.1) is 7.11 Å². The standard InChI is InChI=1S/C9H14N4O4/c1-17-5(14)3-2-4-13-7-6(11-9(13)16)10-8(15)12-7/h6-7H,2-4H2,1H3,(H,11,16)(H2,10,12,15)/t6-,7-/m0/s1. The Bertz CT molecular complexity index is 359. The van der Waals surface area contributed by atoms with Gasteiger partial charge in [0.15, 0.2) is 0 Å². The fourth-order valence-electron chi connectivity index (χ4n) is 1.93. The van der Waals surface area contributed by atoms with E-state index in [-0.39, 0.29) is 30.6 Å². The van der Waals surface area contributed by atoms with E-state index < -0.39 is 6.17 Å². The van der Waals surface area contributed by atoms with Crippen LogP contribution in [-0.4, -0.2) is 48.9 Å². The maximum Gasteiger partial charge on any atom is 0.320 e. The summed E-state index contributed by atoms with van der Waals surface area (Å²) >= 11 is 0. The number of ether oxygens (including phenoxy) is 1. The highest BCUT2D eigenvalue weighted by atomic mass is 16.5. The summed E-state index contributed by atoms with van der Waals surface area (Å²) in [6.45, 7) is 0.393. The largest absolute Gasteiger partial charge is 0.469 e. The molecule has 0 spiro atoms. The molecule has 2 aliphatic rings. The number of hydrogen-bond acceptors (Lipinski definition) is 4. The smallest absolute Gasteiger partial charge is 0.320 e. The van der Waals surface area contributed by atoms with Crippen LogP contribution in [0.15, 0.2) is 0 Å². The third-order valence-electron chi connectivity index (χ3n) is 2.76. The van der Waals surface area contributed by atoms with Gasteiger partial charge in [-0.25, -0.2) is 9.59 Å². The summed E-state index contributed by atoms with van der Waals surface area (Å²) < 4.78 is 4.51. The minimum absolute atomic E-state index is 0.249. The minimum atomic E-state index is -0.395. The van der Waals surface area contributed by atoms with Crippen LogP contribution in [-0.2, 0) is 9.53 Å². The molecule has 3 N–H and O–H groups in total. The highest BCUT2D eigenvalue weighted by molar-refractivity contribution is 5.84. The van der Waals surface area contributed by atoms with Gasteiger partial charge in [0, 0.05) is 13.0 Å². The van der Waals surface area contributed by atoms with Crippen LogP contribution in [0, 0.1) is 0 Å². The molecule has 0 aromatic heterocycles. The molecule has 0 radical (unpaired) electrons. The van der Waals surface area contributed by atoms with E-state index in [4.69, 9.17) is 0 Å². The molecule has 0 bridgehead atoms. The first-order valence-electron chi connectivity index (χ1n) is 5.33. The topological polar surface area (TPSA) is 99.8 Å². The summed E-state index contributed by atoms with van der Waals surface area (Å²) in [6, 6.07) is -0.560. The number of esters is 1. The molecule has 0 saturated carbocycles. The predicted molar refractivity (Wildman–Crippen MR) is 55.7 cm³/mol. The number of rotatable bonds is 4. The van der Waals surface area contributed by atoms with E-state index in [1.54, 1.807) is 0 Å². The fourth-order valence-corrected chi connectivity index (χ4v) is 1.93. The van der Waals surface area contributed by atoms with Crippen LogP contribution in [0.1, 0.15) is 12.8 Å². The van der Waals surface area contributed by atoms with Crippen LogP contribution in [0.25, 0.3) is 0 Å². The lowest BCUT2D eigenvalue weighted by molar-refractivity contribution is -0.140. The van der Waals surface area contributed by atoms with E-state index in [1.807, 2.05) is 0 Å². The summed E-state index contributed by atoms with van der Waals surface area (Å²) in [5.41, 5.74) is 0. The van der Waals surface area contributed by atoms with Gasteiger partial charge < -0.3 is 25.6 Å². The molecular weight excluding hydrogens is 228 g/mol. The number of urea groups is 2. The number of amides is 4. The van der Waals surface area contributed by atoms with Crippen molar-refractivity contribution in [2.75, 3.05) is 13.7 Å². The van der Waals surface area contributed by atoms with Crippen LogP contribution >= 0.6 is 0 Å². The first-order chi connectivity index (χ1) is 8.11. The number of fused-ring (bicyclic) bond motifs is 1. The maximum absolute atomic E-state index is 11.5. The molecule has 2 aliphatic heterocycles. The quantitative estimate of drug-likeness (QED) is 0.546. The van der Waals surface area contributed by atoms with Gasteiger partial charge in [-0.05, 0) is 6.42 Å². The van der Waals surface area contributed by atoms with Crippen LogP contribution in [0.5, 0.6) is 0 Å². The zero-order valence-corrected chi connectivity index (χ0v) is 9.36. The number of carbonyl (C=O) groups is 3. The maximum atomic E-state index is 11.5. The Labute approximate surface area is 97.7 Å². The van der Waals surface area contributed by atoms with Crippen molar-refractivity contribution in [2.45, 2.75) is 25.2 Å². The zero-order chi connectivity index (χ0) is 12.4. The zero-order valence-electron chi connectivity index (χ0n) is 9.36. The van der Waals surface area contributed by atoms with Crippen molar-refractivity contribution in [3.8, 4) is 0 Å². The Morgan fingerprint density at radius 1 is 1.35 bits per heavy atom. The van der Waals surface area contributed by atoms with E-state index in [2.05, 4.69) is 20.7 Å². The highest BCUT2D eigenvalue weighted by Crippen LogP contribution is 2.14. The molecule has 2 atom stereocenters. The Kier molecular flexibility index (Phi) is 3.03. The van der Waals surface area contributed by atoms with E-state index in [9.17, 15) is 14.4 Å². The summed E-state index contributed by atoms with van der Waals surface area (Å²) in [5.74, 6) is -0.310. The van der Waals surface area contributed by atoms with Crippen molar-refractivity contribution in [1.82, 2.24) is 20.9 Å². The molecule has 0 aromatic rings. The molecule has 94 valence electrons. The second kappa shape index (κ2) is 4.48. The number of nitrogens with zero attached hydrogens (tertiary/aromatic N) is 1. The van der Waals surface area contributed by atoms with Crippen molar-refractivity contribution in [3.63, 3.8) is 0 Å². The normalized spacial score (nSPS) is 26.1. The van der Waals surface area contributed by atoms with Crippen LogP contribution in [0.4, 0.5) is 9.59 Å². The number of methoxy groups -OCH3 is 1. The van der Waals surface area contributed by atoms with E-state index in [0.29, 0.717) is 13.0 Å². The molecule has 0 aromatic carbocycles. The van der Waals surface area contributed by atoms with Crippen molar-refractivity contribution < 1.29 is 19.1 Å². The molecule has 0 aliphatic carbocycles. The Morgan fingerprint density at radius 2 is 2.12 bits per heavy atom. The third kappa shape index (κ3) is 2.24. The fraction of sp³-hybridized carbons (Fsp3) is 0.667. The lowest BCUT2D eigenvalue weighted by Crippen LogP contribution is -2.43. The Morgan fingerprint density at radius 3 is 2.82 bits per heavy atom. The van der Waals surface area contributed by atoms with Gasteiger partial charge in [-0.2, -0.15) is 0 Å². The average Bonchev–Trinajstić information content (AvgIpc) is 2.76. The molecule has 2 fully saturated rings. The SMILES string of the molecule is COC(=O)CCCN1C(=O)N[C@@H]2NC(=O)N[C@H]21. The summed E-state index contributed by atoms with van der Waals surface area (Å²) in [5, 5.41) is 7.82. The van der Waals surface area contributed by atoms with E-state index in [0.717, 1.165) is 0 Å². The molecular formula is C9H14N4O4. The van der Waals surface area contributed by atoms with Gasteiger partial charge in [0.1, 0.15) is 12.3 Å². The molecule has 0 unspecified atom stereocenters. The van der Waals surface area contributed by atoms with Gasteiger partial charge >= 0.3 is 18.0 Å². The second-order valence-electron chi connectivity index (χ2n) is 3.86. The highest BCUT2D eigenvalue weighted by Gasteiger charge is 2.44. The van der Waals surface area contributed by atoms with Crippen LogP contribution in [0.2, 0.25) is 0 Å². The summed E-state index contributed by atoms with van der Waals surface area (Å²) in [7, 11) is 1.32. The molecule has 4 amide bonds. The Hall–Kier alpha value is -1.99. The van der Waals surface area contributed by atoms with Crippen LogP contribution < -0.4 is 16.0 Å². The van der Waals surface area contributed by atoms with Gasteiger partial charge in [0.2, 0.25) is 0 Å². The van der Waals surface area contributed by atoms with Crippen molar-refractivity contribution in [1.29, 1.82) is 0 Å². The van der Waals surface area contributed by atoms with E-state index >= 15 is 0 Å². The lowest BCUT2D eigenvalue weighted by atomic mass is 10.3. The molecule has 8 heteroatoms. The minimum Gasteiger partial charge on any atom is -0.469 e. The summed E-state index contributed by atoms with van der Waals surface area (Å²) in [4.78, 5) is 35.0. The van der Waals surface area contributed by atoms with Crippen molar-refractivity contribution >= 4 is 18.0 Å². The first kappa shape index (κ1) is 11.5. The second-order valence-corrected chi connectivity index (χ2v) is 3.86. The predicted octanol–water partition coefficient (Wildman–Crippen LogP) is -1.07. The molecule has 17 heavy (non-hydrogen) atoms. The molecule has 2 rings (SSSR count). The Balaban J connectivity index is 1.85. The van der Waals surface area contributed by atoms with Gasteiger partial charge in [0.25, 0.3) is 0 Å². The number of hydrogen-bond donors (Lipinski definition) is 3. The number of nitrogens with one attached hydrogen (secondary N) is 3. The lowest BCUT2D eigenvalue weighted by Gasteiger charge is -2.20. The average molecular weight is 242 g/mol. The molecule has 2 heterocycles. The van der Waals surface area contributed by atoms with Crippen molar-refractivity contribution in [3.05, 3.63) is 0 Å². The first-order valence-corrected chi connectivity index (χ1v) is 5.33. The summed E-state index contributed by atoms with van der Waals surface area (Å²) in [6.07, 6.45) is -0.0288. The number of carbonyl (C=O) groups excluding carboxylic acids is 3.